The van der Waals surface area contributed by atoms with E-state index in [1.54, 1.807) is 24.3 Å². The van der Waals surface area contributed by atoms with E-state index in [0.717, 1.165) is 12.0 Å². The van der Waals surface area contributed by atoms with Crippen molar-refractivity contribution in [3.63, 3.8) is 0 Å². The molecule has 4 heteroatoms. The van der Waals surface area contributed by atoms with Crippen molar-refractivity contribution in [2.45, 2.75) is 19.7 Å². The van der Waals surface area contributed by atoms with Gasteiger partial charge in [-0.25, -0.2) is 4.79 Å². The van der Waals surface area contributed by atoms with E-state index in [4.69, 9.17) is 5.11 Å². The van der Waals surface area contributed by atoms with Gasteiger partial charge in [0.2, 0.25) is 0 Å². The summed E-state index contributed by atoms with van der Waals surface area (Å²) >= 11 is 0. The number of carboxylic acid groups (broad SMARTS) is 1. The Bertz CT molecular complexity index is 308. The molecule has 0 amide bonds. The van der Waals surface area contributed by atoms with Crippen LogP contribution in [0.4, 0.5) is 4.39 Å². The number of aliphatic carboxylic acids is 1. The molecule has 14 heavy (non-hydrogen) atoms. The average molecular weight is 198 g/mol. The molecule has 0 aromatic heterocycles. The molecule has 1 aromatic carbocycles. The zero-order valence-corrected chi connectivity index (χ0v) is 7.74. The molecule has 0 fully saturated rings. The van der Waals surface area contributed by atoms with Crippen LogP contribution in [0.1, 0.15) is 12.5 Å². The molecule has 0 aliphatic heterocycles. The van der Waals surface area contributed by atoms with Crippen LogP contribution in [-0.2, 0) is 11.2 Å². The molecular weight excluding hydrogens is 187 g/mol. The van der Waals surface area contributed by atoms with Gasteiger partial charge in [0, 0.05) is 0 Å². The Kier molecular flexibility index (Phi) is 3.45. The van der Waals surface area contributed by atoms with Gasteiger partial charge >= 0.3 is 12.3 Å². The van der Waals surface area contributed by atoms with Crippen LogP contribution in [0, 0.1) is 0 Å². The number of carbonyl (C=O) groups is 1. The third kappa shape index (κ3) is 2.73. The summed E-state index contributed by atoms with van der Waals surface area (Å²) in [6, 6.07) is 6.64. The van der Waals surface area contributed by atoms with Crippen LogP contribution in [0.15, 0.2) is 24.3 Å². The minimum Gasteiger partial charge on any atom is -0.476 e. The number of ether oxygens (including phenoxy) is 1. The molecule has 0 aliphatic rings. The SMILES string of the molecule is CCc1ccc(OC(F)C(=O)O)cc1. The summed E-state index contributed by atoms with van der Waals surface area (Å²) in [7, 11) is 0. The highest BCUT2D eigenvalue weighted by molar-refractivity contribution is 5.70. The van der Waals surface area contributed by atoms with Gasteiger partial charge in [0.15, 0.2) is 0 Å². The summed E-state index contributed by atoms with van der Waals surface area (Å²) in [5.74, 6) is -1.40. The molecule has 1 rings (SSSR count). The number of carboxylic acids is 1. The van der Waals surface area contributed by atoms with E-state index < -0.39 is 12.3 Å². The van der Waals surface area contributed by atoms with Gasteiger partial charge in [-0.3, -0.25) is 0 Å². The largest absolute Gasteiger partial charge is 0.476 e. The second kappa shape index (κ2) is 4.60. The second-order valence-electron chi connectivity index (χ2n) is 2.77. The third-order valence-corrected chi connectivity index (χ3v) is 1.77. The number of alkyl halides is 1. The summed E-state index contributed by atoms with van der Waals surface area (Å²) in [5.41, 5.74) is 1.09. The maximum Gasteiger partial charge on any atom is 0.378 e. The Morgan fingerprint density at radius 2 is 2.07 bits per heavy atom. The highest BCUT2D eigenvalue weighted by atomic mass is 19.1. The second-order valence-corrected chi connectivity index (χ2v) is 2.77. The van der Waals surface area contributed by atoms with Crippen molar-refractivity contribution >= 4 is 5.97 Å². The molecule has 1 unspecified atom stereocenters. The van der Waals surface area contributed by atoms with Crippen LogP contribution in [0.25, 0.3) is 0 Å². The van der Waals surface area contributed by atoms with Crippen LogP contribution >= 0.6 is 0 Å². The van der Waals surface area contributed by atoms with Crippen LogP contribution in [0.3, 0.4) is 0 Å². The van der Waals surface area contributed by atoms with Gasteiger partial charge in [-0.2, -0.15) is 4.39 Å². The summed E-state index contributed by atoms with van der Waals surface area (Å²) in [4.78, 5) is 10.1. The number of benzene rings is 1. The van der Waals surface area contributed by atoms with E-state index in [9.17, 15) is 9.18 Å². The lowest BCUT2D eigenvalue weighted by atomic mass is 10.2. The zero-order valence-electron chi connectivity index (χ0n) is 7.74. The number of hydrogen-bond donors (Lipinski definition) is 1. The van der Waals surface area contributed by atoms with Gasteiger partial charge in [0.1, 0.15) is 5.75 Å². The molecular formula is C10H11FO3. The van der Waals surface area contributed by atoms with E-state index in [0.29, 0.717) is 0 Å². The van der Waals surface area contributed by atoms with Crippen LogP contribution < -0.4 is 4.74 Å². The first-order chi connectivity index (χ1) is 6.63. The van der Waals surface area contributed by atoms with Gasteiger partial charge in [-0.15, -0.1) is 0 Å². The van der Waals surface area contributed by atoms with Crippen molar-refractivity contribution in [2.24, 2.45) is 0 Å². The lowest BCUT2D eigenvalue weighted by Gasteiger charge is -2.07. The molecule has 1 aromatic rings. The predicted molar refractivity (Wildman–Crippen MR) is 49.0 cm³/mol. The first-order valence-corrected chi connectivity index (χ1v) is 4.26. The van der Waals surface area contributed by atoms with E-state index >= 15 is 0 Å². The minimum atomic E-state index is -2.30. The standard InChI is InChI=1S/C10H11FO3/c1-2-7-3-5-8(6-4-7)14-9(11)10(12)13/h3-6,9H,2H2,1H3,(H,12,13). The lowest BCUT2D eigenvalue weighted by Crippen LogP contribution is -2.21. The van der Waals surface area contributed by atoms with Crippen molar-refractivity contribution in [1.82, 2.24) is 0 Å². The molecule has 3 nitrogen and oxygen atoms in total. The number of hydrogen-bond acceptors (Lipinski definition) is 2. The summed E-state index contributed by atoms with van der Waals surface area (Å²) in [6.07, 6.45) is -1.43. The van der Waals surface area contributed by atoms with E-state index in [1.165, 1.54) is 0 Å². The lowest BCUT2D eigenvalue weighted by molar-refractivity contribution is -0.153. The molecule has 0 spiro atoms. The molecule has 0 aliphatic carbocycles. The fraction of sp³-hybridized carbons (Fsp3) is 0.300. The molecule has 1 atom stereocenters. The summed E-state index contributed by atoms with van der Waals surface area (Å²) in [6.45, 7) is 1.99. The summed E-state index contributed by atoms with van der Waals surface area (Å²) in [5, 5.41) is 8.24. The Morgan fingerprint density at radius 3 is 2.50 bits per heavy atom. The number of rotatable bonds is 4. The molecule has 0 heterocycles. The Balaban J connectivity index is 2.64. The Labute approximate surface area is 81.1 Å². The normalized spacial score (nSPS) is 12.1. The fourth-order valence-corrected chi connectivity index (χ4v) is 0.974. The molecule has 0 saturated carbocycles. The number of aryl methyl sites for hydroxylation is 1. The highest BCUT2D eigenvalue weighted by Crippen LogP contribution is 2.14. The van der Waals surface area contributed by atoms with Crippen molar-refractivity contribution in [2.75, 3.05) is 0 Å². The topological polar surface area (TPSA) is 46.5 Å². The quantitative estimate of drug-likeness (QED) is 0.804. The first kappa shape index (κ1) is 10.5. The van der Waals surface area contributed by atoms with Crippen LogP contribution in [0.5, 0.6) is 5.75 Å². The van der Waals surface area contributed by atoms with Gasteiger partial charge in [0.25, 0.3) is 0 Å². The predicted octanol–water partition coefficient (Wildman–Crippen LogP) is 2.01. The van der Waals surface area contributed by atoms with Crippen LogP contribution in [0.2, 0.25) is 0 Å². The number of halogens is 1. The van der Waals surface area contributed by atoms with Gasteiger partial charge in [-0.05, 0) is 24.1 Å². The van der Waals surface area contributed by atoms with Crippen LogP contribution in [-0.4, -0.2) is 17.4 Å². The monoisotopic (exact) mass is 198 g/mol. The Morgan fingerprint density at radius 1 is 1.50 bits per heavy atom. The van der Waals surface area contributed by atoms with E-state index in [-0.39, 0.29) is 5.75 Å². The average Bonchev–Trinajstić information content (AvgIpc) is 2.19. The van der Waals surface area contributed by atoms with Crippen molar-refractivity contribution in [3.05, 3.63) is 29.8 Å². The van der Waals surface area contributed by atoms with Gasteiger partial charge in [-0.1, -0.05) is 19.1 Å². The van der Waals surface area contributed by atoms with E-state index in [1.807, 2.05) is 6.92 Å². The van der Waals surface area contributed by atoms with Crippen molar-refractivity contribution < 1.29 is 19.0 Å². The third-order valence-electron chi connectivity index (χ3n) is 1.77. The smallest absolute Gasteiger partial charge is 0.378 e. The zero-order chi connectivity index (χ0) is 10.6. The van der Waals surface area contributed by atoms with Gasteiger partial charge in [0.05, 0.1) is 0 Å². The summed E-state index contributed by atoms with van der Waals surface area (Å²) < 4.78 is 17.1. The maximum atomic E-state index is 12.6. The molecule has 76 valence electrons. The molecule has 0 radical (unpaired) electrons. The van der Waals surface area contributed by atoms with Crippen molar-refractivity contribution in [1.29, 1.82) is 0 Å². The highest BCUT2D eigenvalue weighted by Gasteiger charge is 2.16. The van der Waals surface area contributed by atoms with Gasteiger partial charge < -0.3 is 9.84 Å². The van der Waals surface area contributed by atoms with E-state index in [2.05, 4.69) is 4.74 Å². The molecule has 1 N–H and O–H groups in total. The van der Waals surface area contributed by atoms with Crippen molar-refractivity contribution in [3.8, 4) is 5.75 Å². The minimum absolute atomic E-state index is 0.220. The Hall–Kier alpha value is -1.58. The molecule has 0 saturated heterocycles. The first-order valence-electron chi connectivity index (χ1n) is 4.26. The maximum absolute atomic E-state index is 12.6. The molecule has 0 bridgehead atoms. The fourth-order valence-electron chi connectivity index (χ4n) is 0.974.